The first kappa shape index (κ1) is 9.44. The van der Waals surface area contributed by atoms with E-state index < -0.39 is 0 Å². The quantitative estimate of drug-likeness (QED) is 0.677. The Labute approximate surface area is 80.2 Å². The van der Waals surface area contributed by atoms with Crippen molar-refractivity contribution in [1.29, 1.82) is 0 Å². The SMILES string of the molecule is NCC1CCN(C2CCCOC2)C1. The number of hydrogen-bond donors (Lipinski definition) is 1. The van der Waals surface area contributed by atoms with Gasteiger partial charge < -0.3 is 10.5 Å². The first-order valence-electron chi connectivity index (χ1n) is 5.42. The van der Waals surface area contributed by atoms with Crippen molar-refractivity contribution in [2.75, 3.05) is 32.8 Å². The van der Waals surface area contributed by atoms with Crippen LogP contribution in [0.1, 0.15) is 19.3 Å². The first-order chi connectivity index (χ1) is 6.40. The Balaban J connectivity index is 1.80. The van der Waals surface area contributed by atoms with Crippen LogP contribution in [0.4, 0.5) is 0 Å². The van der Waals surface area contributed by atoms with Crippen LogP contribution in [0.15, 0.2) is 0 Å². The van der Waals surface area contributed by atoms with Crippen LogP contribution in [0, 0.1) is 5.92 Å². The lowest BCUT2D eigenvalue weighted by molar-refractivity contribution is 0.0256. The van der Waals surface area contributed by atoms with Crippen LogP contribution in [0.2, 0.25) is 0 Å². The van der Waals surface area contributed by atoms with Gasteiger partial charge in [0.15, 0.2) is 0 Å². The maximum atomic E-state index is 5.67. The van der Waals surface area contributed by atoms with E-state index in [1.54, 1.807) is 0 Å². The van der Waals surface area contributed by atoms with E-state index in [4.69, 9.17) is 10.5 Å². The van der Waals surface area contributed by atoms with Gasteiger partial charge in [-0.05, 0) is 38.3 Å². The highest BCUT2D eigenvalue weighted by Crippen LogP contribution is 2.21. The third-order valence-corrected chi connectivity index (χ3v) is 3.30. The molecule has 2 saturated heterocycles. The molecule has 3 heteroatoms. The van der Waals surface area contributed by atoms with Crippen LogP contribution in [-0.4, -0.2) is 43.8 Å². The molecule has 2 rings (SSSR count). The minimum Gasteiger partial charge on any atom is -0.380 e. The Bertz CT molecular complexity index is 157. The Morgan fingerprint density at radius 1 is 1.38 bits per heavy atom. The van der Waals surface area contributed by atoms with Crippen molar-refractivity contribution in [3.8, 4) is 0 Å². The molecule has 2 atom stereocenters. The Morgan fingerprint density at radius 3 is 2.92 bits per heavy atom. The van der Waals surface area contributed by atoms with Crippen molar-refractivity contribution in [3.63, 3.8) is 0 Å². The Morgan fingerprint density at radius 2 is 2.31 bits per heavy atom. The Kier molecular flexibility index (Phi) is 3.19. The zero-order valence-corrected chi connectivity index (χ0v) is 8.24. The fraction of sp³-hybridized carbons (Fsp3) is 1.00. The molecule has 2 fully saturated rings. The van der Waals surface area contributed by atoms with E-state index in [9.17, 15) is 0 Å². The van der Waals surface area contributed by atoms with Gasteiger partial charge in [0.05, 0.1) is 6.61 Å². The van der Waals surface area contributed by atoms with Gasteiger partial charge in [-0.15, -0.1) is 0 Å². The number of ether oxygens (including phenoxy) is 1. The molecule has 0 saturated carbocycles. The molecule has 2 N–H and O–H groups in total. The summed E-state index contributed by atoms with van der Waals surface area (Å²) < 4.78 is 5.49. The van der Waals surface area contributed by atoms with Crippen LogP contribution in [0.3, 0.4) is 0 Å². The standard InChI is InChI=1S/C10H20N2O/c11-6-9-3-4-12(7-9)10-2-1-5-13-8-10/h9-10H,1-8,11H2. The number of nitrogens with two attached hydrogens (primary N) is 1. The average Bonchev–Trinajstić information content (AvgIpc) is 2.67. The molecule has 0 radical (unpaired) electrons. The van der Waals surface area contributed by atoms with Gasteiger partial charge >= 0.3 is 0 Å². The van der Waals surface area contributed by atoms with E-state index in [-0.39, 0.29) is 0 Å². The molecule has 2 heterocycles. The van der Waals surface area contributed by atoms with Crippen LogP contribution in [0.5, 0.6) is 0 Å². The molecule has 76 valence electrons. The predicted octanol–water partition coefficient (Wildman–Crippen LogP) is 0.446. The largest absolute Gasteiger partial charge is 0.380 e. The fourth-order valence-corrected chi connectivity index (χ4v) is 2.40. The Hall–Kier alpha value is -0.120. The third kappa shape index (κ3) is 2.22. The molecule has 2 unspecified atom stereocenters. The second kappa shape index (κ2) is 4.40. The van der Waals surface area contributed by atoms with Gasteiger partial charge in [0.2, 0.25) is 0 Å². The maximum absolute atomic E-state index is 5.67. The van der Waals surface area contributed by atoms with Crippen molar-refractivity contribution in [1.82, 2.24) is 4.90 Å². The normalized spacial score (nSPS) is 36.7. The van der Waals surface area contributed by atoms with Gasteiger partial charge in [-0.2, -0.15) is 0 Å². The van der Waals surface area contributed by atoms with Gasteiger partial charge in [0.1, 0.15) is 0 Å². The summed E-state index contributed by atoms with van der Waals surface area (Å²) in [7, 11) is 0. The summed E-state index contributed by atoms with van der Waals surface area (Å²) in [5, 5.41) is 0. The van der Waals surface area contributed by atoms with Crippen molar-refractivity contribution in [3.05, 3.63) is 0 Å². The highest BCUT2D eigenvalue weighted by molar-refractivity contribution is 4.82. The van der Waals surface area contributed by atoms with Crippen LogP contribution >= 0.6 is 0 Å². The minimum absolute atomic E-state index is 0.685. The highest BCUT2D eigenvalue weighted by Gasteiger charge is 2.28. The summed E-state index contributed by atoms with van der Waals surface area (Å²) in [6, 6.07) is 0.685. The molecule has 0 bridgehead atoms. The molecule has 0 aromatic heterocycles. The van der Waals surface area contributed by atoms with Crippen molar-refractivity contribution in [2.24, 2.45) is 11.7 Å². The van der Waals surface area contributed by atoms with Crippen LogP contribution in [-0.2, 0) is 4.74 Å². The molecular formula is C10H20N2O. The third-order valence-electron chi connectivity index (χ3n) is 3.30. The van der Waals surface area contributed by atoms with Crippen molar-refractivity contribution < 1.29 is 4.74 Å². The summed E-state index contributed by atoms with van der Waals surface area (Å²) in [5.74, 6) is 0.738. The number of rotatable bonds is 2. The highest BCUT2D eigenvalue weighted by atomic mass is 16.5. The van der Waals surface area contributed by atoms with Gasteiger partial charge in [-0.1, -0.05) is 0 Å². The summed E-state index contributed by atoms with van der Waals surface area (Å²) in [6.07, 6.45) is 3.83. The molecule has 3 nitrogen and oxygen atoms in total. The van der Waals surface area contributed by atoms with E-state index in [0.717, 1.165) is 25.7 Å². The van der Waals surface area contributed by atoms with Gasteiger partial charge in [-0.25, -0.2) is 0 Å². The van der Waals surface area contributed by atoms with E-state index in [0.29, 0.717) is 6.04 Å². The smallest absolute Gasteiger partial charge is 0.0621 e. The molecule has 13 heavy (non-hydrogen) atoms. The van der Waals surface area contributed by atoms with Crippen LogP contribution < -0.4 is 5.73 Å². The summed E-state index contributed by atoms with van der Waals surface area (Å²) in [6.45, 7) is 5.19. The molecule has 2 aliphatic rings. The second-order valence-electron chi connectivity index (χ2n) is 4.26. The molecule has 2 aliphatic heterocycles. The van der Waals surface area contributed by atoms with E-state index >= 15 is 0 Å². The maximum Gasteiger partial charge on any atom is 0.0621 e. The molecule has 0 spiro atoms. The summed E-state index contributed by atoms with van der Waals surface area (Å²) >= 11 is 0. The number of hydrogen-bond acceptors (Lipinski definition) is 3. The lowest BCUT2D eigenvalue weighted by Crippen LogP contribution is -2.40. The van der Waals surface area contributed by atoms with E-state index in [1.807, 2.05) is 0 Å². The molecule has 0 aliphatic carbocycles. The minimum atomic E-state index is 0.685. The summed E-state index contributed by atoms with van der Waals surface area (Å²) in [5.41, 5.74) is 5.67. The first-order valence-corrected chi connectivity index (χ1v) is 5.42. The monoisotopic (exact) mass is 184 g/mol. The molecular weight excluding hydrogens is 164 g/mol. The van der Waals surface area contributed by atoms with Crippen LogP contribution in [0.25, 0.3) is 0 Å². The lowest BCUT2D eigenvalue weighted by atomic mass is 10.1. The molecule has 0 aromatic carbocycles. The second-order valence-corrected chi connectivity index (χ2v) is 4.26. The van der Waals surface area contributed by atoms with Crippen molar-refractivity contribution >= 4 is 0 Å². The zero-order chi connectivity index (χ0) is 9.10. The molecule has 0 aromatic rings. The average molecular weight is 184 g/mol. The van der Waals surface area contributed by atoms with E-state index in [1.165, 1.54) is 32.4 Å². The van der Waals surface area contributed by atoms with Gasteiger partial charge in [0, 0.05) is 19.2 Å². The van der Waals surface area contributed by atoms with E-state index in [2.05, 4.69) is 4.90 Å². The fourth-order valence-electron chi connectivity index (χ4n) is 2.40. The zero-order valence-electron chi connectivity index (χ0n) is 8.24. The van der Waals surface area contributed by atoms with Gasteiger partial charge in [-0.3, -0.25) is 4.90 Å². The molecule has 0 amide bonds. The predicted molar refractivity (Wildman–Crippen MR) is 52.6 cm³/mol. The van der Waals surface area contributed by atoms with Gasteiger partial charge in [0.25, 0.3) is 0 Å². The topological polar surface area (TPSA) is 38.5 Å². The van der Waals surface area contributed by atoms with Crippen molar-refractivity contribution in [2.45, 2.75) is 25.3 Å². The number of likely N-dealkylation sites (tertiary alicyclic amines) is 1. The lowest BCUT2D eigenvalue weighted by Gasteiger charge is -2.30. The number of nitrogens with zero attached hydrogens (tertiary/aromatic N) is 1. The summed E-state index contributed by atoms with van der Waals surface area (Å²) in [4.78, 5) is 2.57.